The van der Waals surface area contributed by atoms with E-state index in [2.05, 4.69) is 50.2 Å². The normalized spacial score (nSPS) is 12.6. The summed E-state index contributed by atoms with van der Waals surface area (Å²) in [6.07, 6.45) is 2.13. The molecular formula is C15H19NS. The van der Waals surface area contributed by atoms with Crippen LogP contribution in [0.15, 0.2) is 36.4 Å². The number of rotatable bonds is 4. The van der Waals surface area contributed by atoms with Crippen LogP contribution in [-0.2, 0) is 12.8 Å². The molecule has 0 spiro atoms. The molecule has 1 nitrogen and oxygen atoms in total. The molecule has 0 saturated heterocycles. The molecule has 1 heterocycles. The summed E-state index contributed by atoms with van der Waals surface area (Å²) < 4.78 is 0. The van der Waals surface area contributed by atoms with Gasteiger partial charge < -0.3 is 5.73 Å². The van der Waals surface area contributed by atoms with Crippen molar-refractivity contribution in [3.63, 3.8) is 0 Å². The number of thiophene rings is 1. The van der Waals surface area contributed by atoms with Crippen LogP contribution in [0.25, 0.3) is 0 Å². The van der Waals surface area contributed by atoms with Gasteiger partial charge in [0.25, 0.3) is 0 Å². The van der Waals surface area contributed by atoms with Gasteiger partial charge in [0.1, 0.15) is 0 Å². The summed E-state index contributed by atoms with van der Waals surface area (Å²) in [5.74, 6) is 0. The molecule has 1 aromatic carbocycles. The summed E-state index contributed by atoms with van der Waals surface area (Å²) >= 11 is 1.83. The van der Waals surface area contributed by atoms with Gasteiger partial charge in [0, 0.05) is 9.75 Å². The van der Waals surface area contributed by atoms with E-state index in [0.717, 1.165) is 12.8 Å². The molecule has 1 unspecified atom stereocenters. The van der Waals surface area contributed by atoms with Gasteiger partial charge in [0.2, 0.25) is 0 Å². The van der Waals surface area contributed by atoms with Crippen LogP contribution in [0, 0.1) is 0 Å². The molecule has 0 bridgehead atoms. The molecule has 1 aromatic heterocycles. The zero-order valence-corrected chi connectivity index (χ0v) is 11.3. The van der Waals surface area contributed by atoms with E-state index in [1.807, 2.05) is 11.3 Å². The molecule has 0 amide bonds. The SMILES string of the molecule is CCc1ccc(C(N)c2ccccc2CC)s1. The maximum absolute atomic E-state index is 6.37. The Balaban J connectivity index is 2.32. The van der Waals surface area contributed by atoms with Gasteiger partial charge in [-0.05, 0) is 36.1 Å². The van der Waals surface area contributed by atoms with Crippen LogP contribution in [-0.4, -0.2) is 0 Å². The Morgan fingerprint density at radius 1 is 1.06 bits per heavy atom. The molecule has 2 N–H and O–H groups in total. The molecule has 0 radical (unpaired) electrons. The quantitative estimate of drug-likeness (QED) is 0.868. The van der Waals surface area contributed by atoms with Crippen LogP contribution in [0.4, 0.5) is 0 Å². The van der Waals surface area contributed by atoms with Crippen LogP contribution in [0.1, 0.15) is 40.8 Å². The molecule has 0 aliphatic heterocycles. The first kappa shape index (κ1) is 12.3. The fraction of sp³-hybridized carbons (Fsp3) is 0.333. The van der Waals surface area contributed by atoms with Crippen molar-refractivity contribution in [1.82, 2.24) is 0 Å². The van der Waals surface area contributed by atoms with E-state index in [1.165, 1.54) is 20.9 Å². The van der Waals surface area contributed by atoms with Crippen LogP contribution >= 0.6 is 11.3 Å². The highest BCUT2D eigenvalue weighted by Gasteiger charge is 2.13. The fourth-order valence-electron chi connectivity index (χ4n) is 2.06. The van der Waals surface area contributed by atoms with Crippen molar-refractivity contribution in [2.45, 2.75) is 32.7 Å². The van der Waals surface area contributed by atoms with Crippen molar-refractivity contribution < 1.29 is 0 Å². The van der Waals surface area contributed by atoms with Crippen molar-refractivity contribution in [2.75, 3.05) is 0 Å². The van der Waals surface area contributed by atoms with Crippen molar-refractivity contribution in [3.05, 3.63) is 57.3 Å². The number of hydrogen-bond acceptors (Lipinski definition) is 2. The van der Waals surface area contributed by atoms with Gasteiger partial charge in [-0.3, -0.25) is 0 Å². The third-order valence-electron chi connectivity index (χ3n) is 3.11. The van der Waals surface area contributed by atoms with Crippen LogP contribution < -0.4 is 5.73 Å². The Labute approximate surface area is 107 Å². The average molecular weight is 245 g/mol. The number of nitrogens with two attached hydrogens (primary N) is 1. The van der Waals surface area contributed by atoms with Gasteiger partial charge in [0.05, 0.1) is 6.04 Å². The highest BCUT2D eigenvalue weighted by molar-refractivity contribution is 7.12. The van der Waals surface area contributed by atoms with Crippen molar-refractivity contribution in [2.24, 2.45) is 5.73 Å². The van der Waals surface area contributed by atoms with Crippen molar-refractivity contribution in [1.29, 1.82) is 0 Å². The lowest BCUT2D eigenvalue weighted by molar-refractivity contribution is 0.868. The molecule has 0 aliphatic rings. The molecule has 2 rings (SSSR count). The maximum atomic E-state index is 6.37. The standard InChI is InChI=1S/C15H19NS/c1-3-11-7-5-6-8-13(11)15(16)14-10-9-12(4-2)17-14/h5-10,15H,3-4,16H2,1-2H3. The van der Waals surface area contributed by atoms with Crippen molar-refractivity contribution >= 4 is 11.3 Å². The predicted molar refractivity (Wildman–Crippen MR) is 75.5 cm³/mol. The molecule has 17 heavy (non-hydrogen) atoms. The van der Waals surface area contributed by atoms with Gasteiger partial charge in [-0.15, -0.1) is 11.3 Å². The van der Waals surface area contributed by atoms with Crippen molar-refractivity contribution in [3.8, 4) is 0 Å². The first-order valence-corrected chi connectivity index (χ1v) is 6.99. The Kier molecular flexibility index (Phi) is 3.97. The second kappa shape index (κ2) is 5.48. The number of benzene rings is 1. The number of aryl methyl sites for hydroxylation is 2. The van der Waals surface area contributed by atoms with Gasteiger partial charge in [0.15, 0.2) is 0 Å². The van der Waals surface area contributed by atoms with E-state index < -0.39 is 0 Å². The van der Waals surface area contributed by atoms with Crippen LogP contribution in [0.3, 0.4) is 0 Å². The van der Waals surface area contributed by atoms with E-state index >= 15 is 0 Å². The summed E-state index contributed by atoms with van der Waals surface area (Å²) in [5, 5.41) is 0. The summed E-state index contributed by atoms with van der Waals surface area (Å²) in [4.78, 5) is 2.67. The van der Waals surface area contributed by atoms with Gasteiger partial charge >= 0.3 is 0 Å². The molecule has 2 aromatic rings. The average Bonchev–Trinajstić information content (AvgIpc) is 2.86. The Morgan fingerprint density at radius 3 is 2.47 bits per heavy atom. The maximum Gasteiger partial charge on any atom is 0.0648 e. The summed E-state index contributed by atoms with van der Waals surface area (Å²) in [5.41, 5.74) is 8.99. The van der Waals surface area contributed by atoms with Gasteiger partial charge in [-0.25, -0.2) is 0 Å². The number of hydrogen-bond donors (Lipinski definition) is 1. The zero-order valence-electron chi connectivity index (χ0n) is 10.4. The van der Waals surface area contributed by atoms with Crippen LogP contribution in [0.5, 0.6) is 0 Å². The second-order valence-electron chi connectivity index (χ2n) is 4.19. The first-order valence-electron chi connectivity index (χ1n) is 6.18. The molecule has 0 aliphatic carbocycles. The smallest absolute Gasteiger partial charge is 0.0648 e. The predicted octanol–water partition coefficient (Wildman–Crippen LogP) is 3.92. The largest absolute Gasteiger partial charge is 0.320 e. The Hall–Kier alpha value is -1.12. The first-order chi connectivity index (χ1) is 8.26. The second-order valence-corrected chi connectivity index (χ2v) is 5.39. The molecule has 1 atom stereocenters. The van der Waals surface area contributed by atoms with E-state index in [0.29, 0.717) is 0 Å². The van der Waals surface area contributed by atoms with E-state index in [4.69, 9.17) is 5.73 Å². The van der Waals surface area contributed by atoms with E-state index in [1.54, 1.807) is 0 Å². The fourth-order valence-corrected chi connectivity index (χ4v) is 3.04. The molecule has 0 fully saturated rings. The minimum Gasteiger partial charge on any atom is -0.320 e. The Bertz CT molecular complexity index is 487. The molecule has 90 valence electrons. The third kappa shape index (κ3) is 2.59. The zero-order chi connectivity index (χ0) is 12.3. The molecule has 2 heteroatoms. The van der Waals surface area contributed by atoms with Gasteiger partial charge in [-0.1, -0.05) is 38.1 Å². The van der Waals surface area contributed by atoms with Crippen LogP contribution in [0.2, 0.25) is 0 Å². The van der Waals surface area contributed by atoms with E-state index in [-0.39, 0.29) is 6.04 Å². The lowest BCUT2D eigenvalue weighted by atomic mass is 9.98. The summed E-state index contributed by atoms with van der Waals surface area (Å²) in [7, 11) is 0. The highest BCUT2D eigenvalue weighted by Crippen LogP contribution is 2.29. The lowest BCUT2D eigenvalue weighted by Gasteiger charge is -2.14. The minimum absolute atomic E-state index is 0.0245. The molecular weight excluding hydrogens is 226 g/mol. The monoisotopic (exact) mass is 245 g/mol. The molecule has 0 saturated carbocycles. The summed E-state index contributed by atoms with van der Waals surface area (Å²) in [6, 6.07) is 12.9. The van der Waals surface area contributed by atoms with Gasteiger partial charge in [-0.2, -0.15) is 0 Å². The highest BCUT2D eigenvalue weighted by atomic mass is 32.1. The lowest BCUT2D eigenvalue weighted by Crippen LogP contribution is -2.12. The third-order valence-corrected chi connectivity index (χ3v) is 4.42. The van der Waals surface area contributed by atoms with E-state index in [9.17, 15) is 0 Å². The summed E-state index contributed by atoms with van der Waals surface area (Å²) in [6.45, 7) is 4.36. The topological polar surface area (TPSA) is 26.0 Å². The minimum atomic E-state index is 0.0245. The Morgan fingerprint density at radius 2 is 1.82 bits per heavy atom.